The highest BCUT2D eigenvalue weighted by atomic mass is 32.2. The van der Waals surface area contributed by atoms with Gasteiger partial charge in [-0.05, 0) is 62.4 Å². The van der Waals surface area contributed by atoms with Gasteiger partial charge in [-0.25, -0.2) is 18.1 Å². The van der Waals surface area contributed by atoms with Crippen LogP contribution < -0.4 is 10.5 Å². The number of nitrogens with one attached hydrogen (secondary N) is 1. The molecule has 4 rings (SSSR count). The zero-order chi connectivity index (χ0) is 19.9. The zero-order valence-corrected chi connectivity index (χ0v) is 16.5. The number of hydrogen-bond acceptors (Lipinski definition) is 5. The van der Waals surface area contributed by atoms with E-state index in [0.717, 1.165) is 16.8 Å². The van der Waals surface area contributed by atoms with Gasteiger partial charge in [-0.15, -0.1) is 0 Å². The van der Waals surface area contributed by atoms with E-state index in [0.29, 0.717) is 37.0 Å². The van der Waals surface area contributed by atoms with Gasteiger partial charge in [0.25, 0.3) is 0 Å². The number of anilines is 1. The van der Waals surface area contributed by atoms with Crippen molar-refractivity contribution in [1.82, 2.24) is 14.1 Å². The van der Waals surface area contributed by atoms with Crippen LogP contribution in [0.2, 0.25) is 0 Å². The molecule has 28 heavy (non-hydrogen) atoms. The topological polar surface area (TPSA) is 110 Å². The van der Waals surface area contributed by atoms with E-state index in [-0.39, 0.29) is 18.5 Å². The fraction of sp³-hybridized carbons (Fsp3) is 0.350. The number of imidazole rings is 1. The largest absolute Gasteiger partial charge is 0.396 e. The predicted octanol–water partition coefficient (Wildman–Crippen LogP) is 2.72. The molecule has 1 aliphatic carbocycles. The number of nitrogens with zero attached hydrogens (tertiary/aromatic N) is 2. The Balaban J connectivity index is 0.00000240. The van der Waals surface area contributed by atoms with Gasteiger partial charge in [-0.2, -0.15) is 0 Å². The van der Waals surface area contributed by atoms with Crippen molar-refractivity contribution >= 4 is 21.4 Å². The van der Waals surface area contributed by atoms with Crippen LogP contribution in [0.25, 0.3) is 16.9 Å². The highest BCUT2D eigenvalue weighted by molar-refractivity contribution is 7.89. The lowest BCUT2D eigenvalue weighted by molar-refractivity contribution is 0.120. The van der Waals surface area contributed by atoms with Crippen molar-refractivity contribution in [3.63, 3.8) is 0 Å². The number of pyridine rings is 1. The smallest absolute Gasteiger partial charge is 0.240 e. The molecule has 0 spiro atoms. The molecule has 2 aromatic heterocycles. The normalized spacial score (nSPS) is 20.5. The molecule has 150 valence electrons. The number of sulfonamides is 1. The van der Waals surface area contributed by atoms with Gasteiger partial charge in [0, 0.05) is 19.2 Å². The average Bonchev–Trinajstić information content (AvgIpc) is 3.09. The number of aromatic nitrogens is 2. The standard InChI is InChI=1S/C20H24N4O3S.H2/c1-13-4-9-16(28(26,27)23-14-5-7-15(25)8-6-14)11-17(13)19-12-22-20-18(21)3-2-10-24(19)20;/h2-4,9-12,14-15,23,25H,5-8,21H2,1H3;1H. The van der Waals surface area contributed by atoms with Crippen molar-refractivity contribution in [2.45, 2.75) is 49.6 Å². The number of aryl methyl sites for hydroxylation is 1. The number of aliphatic hydroxyl groups excluding tert-OH is 1. The molecular weight excluding hydrogens is 376 g/mol. The number of nitrogen functional groups attached to an aromatic ring is 1. The number of hydrogen-bond donors (Lipinski definition) is 3. The lowest BCUT2D eigenvalue weighted by atomic mass is 9.94. The van der Waals surface area contributed by atoms with Crippen LogP contribution >= 0.6 is 0 Å². The van der Waals surface area contributed by atoms with E-state index in [1.807, 2.05) is 23.6 Å². The van der Waals surface area contributed by atoms with Crippen molar-refractivity contribution in [3.05, 3.63) is 48.3 Å². The lowest BCUT2D eigenvalue weighted by Crippen LogP contribution is -2.38. The van der Waals surface area contributed by atoms with Crippen LogP contribution in [0, 0.1) is 6.92 Å². The molecule has 2 heterocycles. The summed E-state index contributed by atoms with van der Waals surface area (Å²) in [5.74, 6) is 0. The van der Waals surface area contributed by atoms with Crippen molar-refractivity contribution in [1.29, 1.82) is 0 Å². The Kier molecular flexibility index (Phi) is 4.86. The Hall–Kier alpha value is -2.42. The van der Waals surface area contributed by atoms with Gasteiger partial charge in [-0.3, -0.25) is 4.40 Å². The molecule has 0 saturated heterocycles. The maximum atomic E-state index is 12.9. The molecule has 1 aliphatic rings. The number of fused-ring (bicyclic) bond motifs is 1. The van der Waals surface area contributed by atoms with E-state index in [4.69, 9.17) is 5.73 Å². The molecule has 3 aromatic rings. The molecule has 1 fully saturated rings. The summed E-state index contributed by atoms with van der Waals surface area (Å²) in [7, 11) is -3.66. The van der Waals surface area contributed by atoms with Crippen molar-refractivity contribution in [2.75, 3.05) is 5.73 Å². The molecule has 0 atom stereocenters. The zero-order valence-electron chi connectivity index (χ0n) is 15.7. The van der Waals surface area contributed by atoms with Crippen LogP contribution in [0.5, 0.6) is 0 Å². The average molecular weight is 403 g/mol. The van der Waals surface area contributed by atoms with Crippen LogP contribution in [0.1, 0.15) is 32.7 Å². The van der Waals surface area contributed by atoms with Crippen LogP contribution in [0.3, 0.4) is 0 Å². The molecule has 1 aromatic carbocycles. The van der Waals surface area contributed by atoms with Crippen molar-refractivity contribution < 1.29 is 15.0 Å². The summed E-state index contributed by atoms with van der Waals surface area (Å²) in [5.41, 5.74) is 9.73. The molecule has 0 radical (unpaired) electrons. The van der Waals surface area contributed by atoms with Crippen LogP contribution in [0.4, 0.5) is 5.69 Å². The molecule has 0 unspecified atom stereocenters. The SMILES string of the molecule is Cc1ccc(S(=O)(=O)NC2CCC(O)CC2)cc1-c1cnc2c(N)cccn12.[HH]. The third-order valence-corrected chi connectivity index (χ3v) is 6.90. The molecule has 1 saturated carbocycles. The van der Waals surface area contributed by atoms with Gasteiger partial charge in [0.15, 0.2) is 5.65 Å². The summed E-state index contributed by atoms with van der Waals surface area (Å²) in [6, 6.07) is 8.58. The Bertz CT molecular complexity index is 1120. The maximum Gasteiger partial charge on any atom is 0.240 e. The predicted molar refractivity (Wildman–Crippen MR) is 110 cm³/mol. The third-order valence-electron chi connectivity index (χ3n) is 5.38. The quantitative estimate of drug-likeness (QED) is 0.622. The number of aliphatic hydroxyl groups is 1. The minimum atomic E-state index is -3.66. The van der Waals surface area contributed by atoms with E-state index in [1.54, 1.807) is 30.5 Å². The van der Waals surface area contributed by atoms with E-state index >= 15 is 0 Å². The van der Waals surface area contributed by atoms with Gasteiger partial charge in [0.05, 0.1) is 28.6 Å². The molecule has 8 heteroatoms. The van der Waals surface area contributed by atoms with Crippen molar-refractivity contribution in [2.24, 2.45) is 0 Å². The summed E-state index contributed by atoms with van der Waals surface area (Å²) in [6.07, 6.45) is 5.78. The second kappa shape index (κ2) is 7.20. The minimum Gasteiger partial charge on any atom is -0.396 e. The second-order valence-corrected chi connectivity index (χ2v) is 9.12. The van der Waals surface area contributed by atoms with Gasteiger partial charge in [-0.1, -0.05) is 6.07 Å². The molecular formula is C20H26N4O3S. The van der Waals surface area contributed by atoms with E-state index in [1.165, 1.54) is 0 Å². The monoisotopic (exact) mass is 402 g/mol. The molecule has 4 N–H and O–H groups in total. The van der Waals surface area contributed by atoms with E-state index in [2.05, 4.69) is 9.71 Å². The van der Waals surface area contributed by atoms with Gasteiger partial charge in [0.2, 0.25) is 10.0 Å². The van der Waals surface area contributed by atoms with Gasteiger partial charge < -0.3 is 10.8 Å². The fourth-order valence-corrected chi connectivity index (χ4v) is 5.09. The Labute approximate surface area is 165 Å². The minimum absolute atomic E-state index is 0. The Morgan fingerprint density at radius 1 is 1.25 bits per heavy atom. The first-order valence-corrected chi connectivity index (χ1v) is 10.9. The maximum absolute atomic E-state index is 12.9. The van der Waals surface area contributed by atoms with Crippen molar-refractivity contribution in [3.8, 4) is 11.3 Å². The van der Waals surface area contributed by atoms with Crippen LogP contribution in [-0.2, 0) is 10.0 Å². The highest BCUT2D eigenvalue weighted by Crippen LogP contribution is 2.29. The summed E-state index contributed by atoms with van der Waals surface area (Å²) >= 11 is 0. The molecule has 0 aliphatic heterocycles. The van der Waals surface area contributed by atoms with E-state index < -0.39 is 10.0 Å². The summed E-state index contributed by atoms with van der Waals surface area (Å²) in [5, 5.41) is 9.63. The van der Waals surface area contributed by atoms with Crippen LogP contribution in [0.15, 0.2) is 47.6 Å². The van der Waals surface area contributed by atoms with Gasteiger partial charge >= 0.3 is 0 Å². The Morgan fingerprint density at radius 2 is 2.00 bits per heavy atom. The summed E-state index contributed by atoms with van der Waals surface area (Å²) < 4.78 is 30.5. The fourth-order valence-electron chi connectivity index (χ4n) is 3.76. The molecule has 0 amide bonds. The highest BCUT2D eigenvalue weighted by Gasteiger charge is 2.25. The first-order chi connectivity index (χ1) is 13.3. The third kappa shape index (κ3) is 3.50. The van der Waals surface area contributed by atoms with Crippen LogP contribution in [-0.4, -0.2) is 35.1 Å². The Morgan fingerprint density at radius 3 is 2.75 bits per heavy atom. The summed E-state index contributed by atoms with van der Waals surface area (Å²) in [4.78, 5) is 4.60. The van der Waals surface area contributed by atoms with E-state index in [9.17, 15) is 13.5 Å². The number of nitrogens with two attached hydrogens (primary N) is 1. The lowest BCUT2D eigenvalue weighted by Gasteiger charge is -2.26. The second-order valence-electron chi connectivity index (χ2n) is 7.40. The first kappa shape index (κ1) is 18.9. The summed E-state index contributed by atoms with van der Waals surface area (Å²) in [6.45, 7) is 1.94. The van der Waals surface area contributed by atoms with Gasteiger partial charge in [0.1, 0.15) is 0 Å². The molecule has 7 nitrogen and oxygen atoms in total. The first-order valence-electron chi connectivity index (χ1n) is 9.38. The number of benzene rings is 1. The number of rotatable bonds is 4. The molecule has 0 bridgehead atoms.